The number of hydrogen-bond acceptors (Lipinski definition) is 4. The lowest BCUT2D eigenvalue weighted by Crippen LogP contribution is -2.29. The highest BCUT2D eigenvalue weighted by molar-refractivity contribution is 7.99. The molecule has 0 saturated heterocycles. The van der Waals surface area contributed by atoms with Gasteiger partial charge in [-0.05, 0) is 47.8 Å². The van der Waals surface area contributed by atoms with Crippen LogP contribution < -0.4 is 0 Å². The van der Waals surface area contributed by atoms with Crippen LogP contribution in [-0.4, -0.2) is 16.1 Å². The molecule has 2 heterocycles. The summed E-state index contributed by atoms with van der Waals surface area (Å²) in [6, 6.07) is 15.7. The van der Waals surface area contributed by atoms with Crippen LogP contribution in [0.25, 0.3) is 0 Å². The number of thioether (sulfide) groups is 1. The third kappa shape index (κ3) is 5.00. The van der Waals surface area contributed by atoms with Gasteiger partial charge in [0.25, 0.3) is 5.91 Å². The second kappa shape index (κ2) is 8.41. The number of amides is 1. The molecule has 0 spiro atoms. The molecule has 2 aromatic heterocycles. The average molecular weight is 372 g/mol. The second-order valence-corrected chi connectivity index (χ2v) is 8.69. The Morgan fingerprint density at radius 3 is 2.52 bits per heavy atom. The number of rotatable bonds is 7. The lowest BCUT2D eigenvalue weighted by molar-refractivity contribution is 0.0719. The fraction of sp³-hybridized carbons (Fsp3) is 0.250. The number of hydrogen-bond donors (Lipinski definition) is 0. The maximum absolute atomic E-state index is 13.0. The van der Waals surface area contributed by atoms with Gasteiger partial charge in [-0.2, -0.15) is 0 Å². The summed E-state index contributed by atoms with van der Waals surface area (Å²) in [6.07, 6.45) is 1.64. The Labute approximate surface area is 156 Å². The molecule has 1 amide bonds. The van der Waals surface area contributed by atoms with Crippen LogP contribution in [0.3, 0.4) is 0 Å². The molecule has 0 bridgehead atoms. The second-order valence-electron chi connectivity index (χ2n) is 6.01. The fourth-order valence-electron chi connectivity index (χ4n) is 2.51. The van der Waals surface area contributed by atoms with Crippen LogP contribution in [0.15, 0.2) is 69.5 Å². The van der Waals surface area contributed by atoms with Gasteiger partial charge in [0.1, 0.15) is 5.76 Å². The van der Waals surface area contributed by atoms with Crippen LogP contribution in [0.1, 0.15) is 34.8 Å². The maximum Gasteiger partial charge on any atom is 0.254 e. The van der Waals surface area contributed by atoms with Crippen LogP contribution in [0.5, 0.6) is 0 Å². The molecule has 0 fully saturated rings. The highest BCUT2D eigenvalue weighted by Crippen LogP contribution is 2.24. The molecule has 25 heavy (non-hydrogen) atoms. The van der Waals surface area contributed by atoms with E-state index in [4.69, 9.17) is 4.42 Å². The third-order valence-corrected chi connectivity index (χ3v) is 5.49. The van der Waals surface area contributed by atoms with Gasteiger partial charge in [-0.25, -0.2) is 0 Å². The molecule has 0 radical (unpaired) electrons. The zero-order chi connectivity index (χ0) is 17.6. The summed E-state index contributed by atoms with van der Waals surface area (Å²) in [4.78, 5) is 17.2. The first-order valence-electron chi connectivity index (χ1n) is 8.22. The Morgan fingerprint density at radius 1 is 1.12 bits per heavy atom. The minimum absolute atomic E-state index is 0.0193. The van der Waals surface area contributed by atoms with E-state index in [-0.39, 0.29) is 5.91 Å². The lowest BCUT2D eigenvalue weighted by atomic mass is 10.2. The van der Waals surface area contributed by atoms with Gasteiger partial charge in [0.15, 0.2) is 0 Å². The number of thiophene rings is 1. The quantitative estimate of drug-likeness (QED) is 0.501. The summed E-state index contributed by atoms with van der Waals surface area (Å²) in [5, 5.41) is 2.55. The summed E-state index contributed by atoms with van der Waals surface area (Å²) in [5.74, 6) is 0.808. The van der Waals surface area contributed by atoms with Crippen molar-refractivity contribution in [1.29, 1.82) is 0 Å². The Balaban J connectivity index is 1.77. The van der Waals surface area contributed by atoms with E-state index in [1.807, 2.05) is 52.7 Å². The first-order valence-corrected chi connectivity index (χ1v) is 9.98. The highest BCUT2D eigenvalue weighted by atomic mass is 32.2. The number of carbonyl (C=O) groups excluding carboxylic acids is 1. The average Bonchev–Trinajstić information content (AvgIpc) is 3.28. The molecule has 0 N–H and O–H groups in total. The molecule has 3 rings (SSSR count). The minimum Gasteiger partial charge on any atom is -0.467 e. The predicted molar refractivity (Wildman–Crippen MR) is 104 cm³/mol. The van der Waals surface area contributed by atoms with Gasteiger partial charge in [0, 0.05) is 20.6 Å². The highest BCUT2D eigenvalue weighted by Gasteiger charge is 2.18. The van der Waals surface area contributed by atoms with E-state index < -0.39 is 0 Å². The largest absolute Gasteiger partial charge is 0.467 e. The molecule has 0 aliphatic heterocycles. The van der Waals surface area contributed by atoms with E-state index >= 15 is 0 Å². The molecule has 130 valence electrons. The van der Waals surface area contributed by atoms with Crippen LogP contribution in [-0.2, 0) is 13.1 Å². The van der Waals surface area contributed by atoms with Crippen molar-refractivity contribution in [2.75, 3.05) is 0 Å². The molecular formula is C20H21NO2S2. The smallest absolute Gasteiger partial charge is 0.254 e. The van der Waals surface area contributed by atoms with Gasteiger partial charge in [-0.1, -0.05) is 19.9 Å². The number of carbonyl (C=O) groups is 1. The van der Waals surface area contributed by atoms with Gasteiger partial charge in [0.2, 0.25) is 0 Å². The molecule has 3 aromatic rings. The Kier molecular flexibility index (Phi) is 6.00. The molecule has 0 unspecified atom stereocenters. The van der Waals surface area contributed by atoms with E-state index in [2.05, 4.69) is 19.9 Å². The van der Waals surface area contributed by atoms with Crippen molar-refractivity contribution < 1.29 is 9.21 Å². The van der Waals surface area contributed by atoms with Crippen LogP contribution in [0.2, 0.25) is 0 Å². The summed E-state index contributed by atoms with van der Waals surface area (Å²) < 4.78 is 5.44. The van der Waals surface area contributed by atoms with E-state index in [0.717, 1.165) is 10.6 Å². The number of benzene rings is 1. The number of nitrogens with zero attached hydrogens (tertiary/aromatic N) is 1. The van der Waals surface area contributed by atoms with Crippen molar-refractivity contribution >= 4 is 29.0 Å². The molecular weight excluding hydrogens is 350 g/mol. The molecule has 0 aliphatic rings. The summed E-state index contributed by atoms with van der Waals surface area (Å²) >= 11 is 3.45. The lowest BCUT2D eigenvalue weighted by Gasteiger charge is -2.21. The van der Waals surface area contributed by atoms with Gasteiger partial charge in [-0.15, -0.1) is 23.1 Å². The molecule has 3 nitrogen and oxygen atoms in total. The predicted octanol–water partition coefficient (Wildman–Crippen LogP) is 5.68. The van der Waals surface area contributed by atoms with Crippen LogP contribution >= 0.6 is 23.1 Å². The van der Waals surface area contributed by atoms with Gasteiger partial charge < -0.3 is 9.32 Å². The van der Waals surface area contributed by atoms with Crippen LogP contribution in [0, 0.1) is 0 Å². The first-order chi connectivity index (χ1) is 12.1. The van der Waals surface area contributed by atoms with Gasteiger partial charge in [-0.3, -0.25) is 4.79 Å². The maximum atomic E-state index is 13.0. The van der Waals surface area contributed by atoms with E-state index in [9.17, 15) is 4.79 Å². The van der Waals surface area contributed by atoms with Crippen molar-refractivity contribution in [3.8, 4) is 0 Å². The standard InChI is InChI=1S/C20H21NO2S2/c1-15(2)25-18-9-7-16(8-10-18)20(22)21(13-17-5-3-11-23-17)14-19-6-4-12-24-19/h3-12,15H,13-14H2,1-2H3. The monoisotopic (exact) mass is 371 g/mol. The van der Waals surface area contributed by atoms with E-state index in [0.29, 0.717) is 23.9 Å². The van der Waals surface area contributed by atoms with Crippen molar-refractivity contribution in [3.05, 3.63) is 76.4 Å². The molecule has 0 atom stereocenters. The first kappa shape index (κ1) is 17.8. The topological polar surface area (TPSA) is 33.5 Å². The van der Waals surface area contributed by atoms with E-state index in [1.165, 1.54) is 4.90 Å². The minimum atomic E-state index is 0.0193. The van der Waals surface area contributed by atoms with Crippen molar-refractivity contribution in [1.82, 2.24) is 4.90 Å². The van der Waals surface area contributed by atoms with E-state index in [1.54, 1.807) is 29.4 Å². The van der Waals surface area contributed by atoms with Gasteiger partial charge >= 0.3 is 0 Å². The van der Waals surface area contributed by atoms with Crippen LogP contribution in [0.4, 0.5) is 0 Å². The molecule has 5 heteroatoms. The number of furan rings is 1. The SMILES string of the molecule is CC(C)Sc1ccc(C(=O)N(Cc2ccco2)Cc2cccs2)cc1. The van der Waals surface area contributed by atoms with Crippen molar-refractivity contribution in [2.45, 2.75) is 37.1 Å². The van der Waals surface area contributed by atoms with Crippen molar-refractivity contribution in [3.63, 3.8) is 0 Å². The Hall–Kier alpha value is -1.98. The normalized spacial score (nSPS) is 11.0. The Bertz CT molecular complexity index is 741. The molecule has 1 aromatic carbocycles. The summed E-state index contributed by atoms with van der Waals surface area (Å²) in [5.41, 5.74) is 0.705. The zero-order valence-corrected chi connectivity index (χ0v) is 16.0. The fourth-order valence-corrected chi connectivity index (χ4v) is 4.07. The van der Waals surface area contributed by atoms with Gasteiger partial charge in [0.05, 0.1) is 19.4 Å². The molecule has 0 saturated carbocycles. The zero-order valence-electron chi connectivity index (χ0n) is 14.3. The molecule has 0 aliphatic carbocycles. The van der Waals surface area contributed by atoms with Crippen molar-refractivity contribution in [2.24, 2.45) is 0 Å². The summed E-state index contributed by atoms with van der Waals surface area (Å²) in [6.45, 7) is 5.37. The third-order valence-electron chi connectivity index (χ3n) is 3.61. The summed E-state index contributed by atoms with van der Waals surface area (Å²) in [7, 11) is 0. The Morgan fingerprint density at radius 2 is 1.92 bits per heavy atom.